The smallest absolute Gasteiger partial charge is 0.472 e. The number of nitrogens with zero attached hydrogens (tertiary/aromatic N) is 4. The average Bonchev–Trinajstić information content (AvgIpc) is 3.34. The topological polar surface area (TPSA) is 93.8 Å². The molecule has 1 fully saturated rings. The fourth-order valence-corrected chi connectivity index (χ4v) is 4.64. The summed E-state index contributed by atoms with van der Waals surface area (Å²) in [6, 6.07) is 12.7. The van der Waals surface area contributed by atoms with Crippen LogP contribution in [0.5, 0.6) is 11.6 Å². The van der Waals surface area contributed by atoms with Crippen LogP contribution in [0.3, 0.4) is 0 Å². The van der Waals surface area contributed by atoms with Crippen LogP contribution in [-0.2, 0) is 6.61 Å². The highest BCUT2D eigenvalue weighted by Gasteiger charge is 2.31. The van der Waals surface area contributed by atoms with E-state index in [1.807, 2.05) is 14.1 Å². The fraction of sp³-hybridized carbons (Fsp3) is 0.320. The second-order valence-electron chi connectivity index (χ2n) is 8.67. The molecule has 37 heavy (non-hydrogen) atoms. The molecule has 0 unspecified atom stereocenters. The summed E-state index contributed by atoms with van der Waals surface area (Å²) in [4.78, 5) is 26.2. The lowest BCUT2D eigenvalue weighted by molar-refractivity contribution is -0.274. The van der Waals surface area contributed by atoms with Gasteiger partial charge in [0.25, 0.3) is 0 Å². The van der Waals surface area contributed by atoms with Gasteiger partial charge in [0.05, 0.1) is 11.1 Å². The molecular formula is C25H26F3N5O3S. The summed E-state index contributed by atoms with van der Waals surface area (Å²) >= 11 is 1.34. The first-order chi connectivity index (χ1) is 17.6. The van der Waals surface area contributed by atoms with Gasteiger partial charge in [-0.25, -0.2) is 4.98 Å². The number of hydrogen-bond acceptors (Lipinski definition) is 8. The highest BCUT2D eigenvalue weighted by atomic mass is 32.2. The van der Waals surface area contributed by atoms with E-state index in [0.29, 0.717) is 33.9 Å². The van der Waals surface area contributed by atoms with Crippen LogP contribution in [-0.4, -0.2) is 60.4 Å². The van der Waals surface area contributed by atoms with Gasteiger partial charge in [-0.2, -0.15) is 4.98 Å². The number of carbonyl (C=O) groups excluding carboxylic acids is 1. The van der Waals surface area contributed by atoms with Gasteiger partial charge in [-0.05, 0) is 62.5 Å². The van der Waals surface area contributed by atoms with E-state index in [9.17, 15) is 18.0 Å². The largest absolute Gasteiger partial charge is 0.573 e. The van der Waals surface area contributed by atoms with Crippen LogP contribution < -0.4 is 20.1 Å². The Hall–Kier alpha value is -3.51. The Kier molecular flexibility index (Phi) is 8.08. The minimum Gasteiger partial charge on any atom is -0.472 e. The van der Waals surface area contributed by atoms with Crippen LogP contribution in [0.25, 0.3) is 0 Å². The summed E-state index contributed by atoms with van der Waals surface area (Å²) < 4.78 is 47.9. The first-order valence-corrected chi connectivity index (χ1v) is 12.2. The Bertz CT molecular complexity index is 1240. The Morgan fingerprint density at radius 3 is 2.62 bits per heavy atom. The molecule has 1 aromatic heterocycles. The number of carbonyl (C=O) groups is 1. The van der Waals surface area contributed by atoms with Gasteiger partial charge in [0, 0.05) is 29.6 Å². The first kappa shape index (κ1) is 26.6. The van der Waals surface area contributed by atoms with E-state index in [1.165, 1.54) is 30.0 Å². The van der Waals surface area contributed by atoms with Crippen molar-refractivity contribution in [2.24, 2.45) is 5.73 Å². The van der Waals surface area contributed by atoms with Gasteiger partial charge in [-0.3, -0.25) is 4.79 Å². The lowest BCUT2D eigenvalue weighted by atomic mass is 10.2. The third-order valence-electron chi connectivity index (χ3n) is 5.76. The van der Waals surface area contributed by atoms with Crippen LogP contribution >= 0.6 is 11.8 Å². The third kappa shape index (κ3) is 7.26. The predicted molar refractivity (Wildman–Crippen MR) is 133 cm³/mol. The van der Waals surface area contributed by atoms with E-state index in [1.54, 1.807) is 36.5 Å². The van der Waals surface area contributed by atoms with Crippen LogP contribution in [0, 0.1) is 0 Å². The second kappa shape index (κ2) is 11.3. The Balaban J connectivity index is 1.56. The van der Waals surface area contributed by atoms with Crippen molar-refractivity contribution in [3.63, 3.8) is 0 Å². The number of primary amides is 1. The Morgan fingerprint density at radius 2 is 1.97 bits per heavy atom. The van der Waals surface area contributed by atoms with Crippen LogP contribution in [0.15, 0.2) is 64.5 Å². The molecule has 2 N–H and O–H groups in total. The van der Waals surface area contributed by atoms with Gasteiger partial charge in [0.15, 0.2) is 0 Å². The van der Waals surface area contributed by atoms with E-state index >= 15 is 0 Å². The predicted octanol–water partition coefficient (Wildman–Crippen LogP) is 4.34. The first-order valence-electron chi connectivity index (χ1n) is 11.4. The summed E-state index contributed by atoms with van der Waals surface area (Å²) in [5, 5.41) is 0. The molecule has 0 aliphatic carbocycles. The number of benzene rings is 2. The summed E-state index contributed by atoms with van der Waals surface area (Å²) in [7, 11) is 4.06. The fourth-order valence-electron chi connectivity index (χ4n) is 3.82. The number of nitrogens with two attached hydrogens (primary N) is 1. The molecule has 196 valence electrons. The van der Waals surface area contributed by atoms with Gasteiger partial charge >= 0.3 is 6.36 Å². The van der Waals surface area contributed by atoms with Gasteiger partial charge in [0.2, 0.25) is 17.7 Å². The number of likely N-dealkylation sites (N-methyl/N-ethyl adjacent to an activating group) is 1. The SMILES string of the molecule is CN(C)[C@@H]1CCN(c2ncc(Sc3ccc(C(N)=O)cc3)c(OCc3cccc(OC(F)(F)F)c3)n2)C1. The molecule has 4 rings (SSSR count). The molecule has 0 spiro atoms. The summed E-state index contributed by atoms with van der Waals surface area (Å²) in [6.45, 7) is 1.53. The second-order valence-corrected chi connectivity index (χ2v) is 9.78. The highest BCUT2D eigenvalue weighted by molar-refractivity contribution is 7.99. The molecule has 0 radical (unpaired) electrons. The highest BCUT2D eigenvalue weighted by Crippen LogP contribution is 2.35. The van der Waals surface area contributed by atoms with Crippen LogP contribution in [0.2, 0.25) is 0 Å². The number of aromatic nitrogens is 2. The van der Waals surface area contributed by atoms with Crippen molar-refractivity contribution in [2.45, 2.75) is 35.2 Å². The monoisotopic (exact) mass is 533 g/mol. The van der Waals surface area contributed by atoms with Gasteiger partial charge in [-0.1, -0.05) is 23.9 Å². The molecular weight excluding hydrogens is 507 g/mol. The van der Waals surface area contributed by atoms with Crippen LogP contribution in [0.4, 0.5) is 19.1 Å². The zero-order chi connectivity index (χ0) is 26.6. The van der Waals surface area contributed by atoms with Gasteiger partial charge < -0.3 is 25.0 Å². The van der Waals surface area contributed by atoms with E-state index in [2.05, 4.69) is 24.5 Å². The minimum absolute atomic E-state index is 0.0278. The van der Waals surface area contributed by atoms with Gasteiger partial charge in [-0.15, -0.1) is 13.2 Å². The van der Waals surface area contributed by atoms with Crippen molar-refractivity contribution in [2.75, 3.05) is 32.1 Å². The molecule has 1 saturated heterocycles. The lowest BCUT2D eigenvalue weighted by Gasteiger charge is -2.21. The maximum atomic E-state index is 12.6. The van der Waals surface area contributed by atoms with Crippen molar-refractivity contribution in [3.8, 4) is 11.6 Å². The van der Waals surface area contributed by atoms with Crippen molar-refractivity contribution in [1.82, 2.24) is 14.9 Å². The van der Waals surface area contributed by atoms with E-state index in [4.69, 9.17) is 10.5 Å². The standard InChI is InChI=1S/C25H26F3N5O3S/c1-32(2)18-10-11-33(14-18)24-30-13-21(37-20-8-6-17(7-9-20)22(29)34)23(31-24)35-15-16-4-3-5-19(12-16)36-25(26,27)28/h3-9,12-13,18H,10-11,14-15H2,1-2H3,(H2,29,34)/t18-/m1/s1. The Labute approximate surface area is 216 Å². The van der Waals surface area contributed by atoms with Gasteiger partial charge in [0.1, 0.15) is 12.4 Å². The number of anilines is 1. The number of alkyl halides is 3. The van der Waals surface area contributed by atoms with E-state index < -0.39 is 12.3 Å². The number of rotatable bonds is 9. The van der Waals surface area contributed by atoms with Crippen molar-refractivity contribution in [3.05, 3.63) is 65.9 Å². The zero-order valence-corrected chi connectivity index (χ0v) is 21.1. The Morgan fingerprint density at radius 1 is 1.22 bits per heavy atom. The third-order valence-corrected chi connectivity index (χ3v) is 6.77. The van der Waals surface area contributed by atoms with E-state index in [-0.39, 0.29) is 12.4 Å². The zero-order valence-electron chi connectivity index (χ0n) is 20.2. The molecule has 1 aliphatic heterocycles. The molecule has 3 aromatic rings. The number of hydrogen-bond donors (Lipinski definition) is 1. The maximum absolute atomic E-state index is 12.6. The van der Waals surface area contributed by atoms with Crippen LogP contribution in [0.1, 0.15) is 22.3 Å². The molecule has 0 bridgehead atoms. The summed E-state index contributed by atoms with van der Waals surface area (Å²) in [6.07, 6.45) is -2.15. The molecule has 0 saturated carbocycles. The number of amides is 1. The van der Waals surface area contributed by atoms with E-state index in [0.717, 1.165) is 24.4 Å². The molecule has 2 heterocycles. The number of halogens is 3. The summed E-state index contributed by atoms with van der Waals surface area (Å²) in [5.74, 6) is -0.0362. The van der Waals surface area contributed by atoms with Crippen molar-refractivity contribution < 1.29 is 27.4 Å². The quantitative estimate of drug-likeness (QED) is 0.434. The van der Waals surface area contributed by atoms with Crippen molar-refractivity contribution >= 4 is 23.6 Å². The average molecular weight is 534 g/mol. The molecule has 1 aliphatic rings. The molecule has 8 nitrogen and oxygen atoms in total. The van der Waals surface area contributed by atoms with Crippen molar-refractivity contribution in [1.29, 1.82) is 0 Å². The summed E-state index contributed by atoms with van der Waals surface area (Å²) in [5.41, 5.74) is 6.19. The molecule has 1 amide bonds. The number of ether oxygens (including phenoxy) is 2. The maximum Gasteiger partial charge on any atom is 0.573 e. The normalized spacial score (nSPS) is 15.7. The molecule has 12 heteroatoms. The molecule has 1 atom stereocenters. The lowest BCUT2D eigenvalue weighted by Crippen LogP contribution is -2.32. The molecule has 2 aromatic carbocycles. The minimum atomic E-state index is -4.78.